The second-order valence-electron chi connectivity index (χ2n) is 8.01. The molecule has 160 valence electrons. The van der Waals surface area contributed by atoms with Gasteiger partial charge in [0.1, 0.15) is 5.00 Å². The van der Waals surface area contributed by atoms with Gasteiger partial charge in [0, 0.05) is 23.5 Å². The smallest absolute Gasteiger partial charge is 0.256 e. The van der Waals surface area contributed by atoms with E-state index in [1.54, 1.807) is 0 Å². The van der Waals surface area contributed by atoms with E-state index in [1.807, 2.05) is 0 Å². The van der Waals surface area contributed by atoms with Crippen molar-refractivity contribution in [2.75, 3.05) is 18.4 Å². The van der Waals surface area contributed by atoms with Crippen molar-refractivity contribution in [3.05, 3.63) is 45.8 Å². The minimum Gasteiger partial charge on any atom is -0.365 e. The molecule has 7 nitrogen and oxygen atoms in total. The number of nitrogens with one attached hydrogen (secondary N) is 1. The first kappa shape index (κ1) is 21.0. The highest BCUT2D eigenvalue weighted by Crippen LogP contribution is 2.39. The zero-order valence-electron chi connectivity index (χ0n) is 16.8. The molecule has 0 saturated carbocycles. The average molecular weight is 448 g/mol. The molecular weight excluding hydrogens is 422 g/mol. The van der Waals surface area contributed by atoms with Gasteiger partial charge in [-0.05, 0) is 67.9 Å². The molecule has 0 radical (unpaired) electrons. The second kappa shape index (κ2) is 8.13. The molecule has 9 heteroatoms. The molecule has 1 aliphatic heterocycles. The number of anilines is 1. The summed E-state index contributed by atoms with van der Waals surface area (Å²) in [5.74, 6) is -0.399. The Labute approximate surface area is 180 Å². The molecule has 2 aliphatic rings. The van der Waals surface area contributed by atoms with E-state index in [1.165, 1.54) is 39.9 Å². The SMILES string of the molecule is CC1CCc2c(sc(NC(=O)c3ccc(S(=O)(=O)N4CCCC4)cc3)c2C(N)=O)C1. The molecular formula is C21H25N3O4S2. The van der Waals surface area contributed by atoms with Gasteiger partial charge in [0.15, 0.2) is 0 Å². The van der Waals surface area contributed by atoms with Crippen LogP contribution in [0.3, 0.4) is 0 Å². The molecule has 1 aromatic heterocycles. The van der Waals surface area contributed by atoms with Crippen LogP contribution in [-0.2, 0) is 22.9 Å². The number of carbonyl (C=O) groups is 2. The van der Waals surface area contributed by atoms with Crippen molar-refractivity contribution >= 4 is 38.2 Å². The van der Waals surface area contributed by atoms with E-state index in [-0.39, 0.29) is 4.90 Å². The maximum absolute atomic E-state index is 12.8. The van der Waals surface area contributed by atoms with E-state index >= 15 is 0 Å². The van der Waals surface area contributed by atoms with Gasteiger partial charge in [-0.3, -0.25) is 9.59 Å². The van der Waals surface area contributed by atoms with Crippen molar-refractivity contribution in [3.8, 4) is 0 Å². The Morgan fingerprint density at radius 2 is 1.83 bits per heavy atom. The monoisotopic (exact) mass is 447 g/mol. The first-order valence-electron chi connectivity index (χ1n) is 10.1. The summed E-state index contributed by atoms with van der Waals surface area (Å²) in [4.78, 5) is 26.1. The van der Waals surface area contributed by atoms with Gasteiger partial charge in [0.2, 0.25) is 10.0 Å². The Balaban J connectivity index is 1.55. The van der Waals surface area contributed by atoms with E-state index in [9.17, 15) is 18.0 Å². The van der Waals surface area contributed by atoms with E-state index in [0.29, 0.717) is 35.1 Å². The number of nitrogens with zero attached hydrogens (tertiary/aromatic N) is 1. The first-order valence-corrected chi connectivity index (χ1v) is 12.4. The lowest BCUT2D eigenvalue weighted by Gasteiger charge is -2.18. The number of amides is 2. The number of sulfonamides is 1. The summed E-state index contributed by atoms with van der Waals surface area (Å²) < 4.78 is 26.8. The summed E-state index contributed by atoms with van der Waals surface area (Å²) in [6.45, 7) is 3.23. The van der Waals surface area contributed by atoms with Crippen LogP contribution in [0.5, 0.6) is 0 Å². The number of carbonyl (C=O) groups excluding carboxylic acids is 2. The number of benzene rings is 1. The van der Waals surface area contributed by atoms with Gasteiger partial charge < -0.3 is 11.1 Å². The zero-order chi connectivity index (χ0) is 21.5. The quantitative estimate of drug-likeness (QED) is 0.734. The number of hydrogen-bond donors (Lipinski definition) is 2. The number of thiophene rings is 1. The molecule has 1 saturated heterocycles. The molecule has 0 bridgehead atoms. The molecule has 1 aliphatic carbocycles. The van der Waals surface area contributed by atoms with Gasteiger partial charge in [0.05, 0.1) is 10.5 Å². The van der Waals surface area contributed by atoms with Crippen LogP contribution in [0.1, 0.15) is 57.3 Å². The minimum atomic E-state index is -3.52. The van der Waals surface area contributed by atoms with Gasteiger partial charge in [-0.1, -0.05) is 6.92 Å². The van der Waals surface area contributed by atoms with Gasteiger partial charge in [-0.15, -0.1) is 11.3 Å². The van der Waals surface area contributed by atoms with Crippen LogP contribution in [-0.4, -0.2) is 37.6 Å². The van der Waals surface area contributed by atoms with Crippen LogP contribution >= 0.6 is 11.3 Å². The highest BCUT2D eigenvalue weighted by atomic mass is 32.2. The van der Waals surface area contributed by atoms with E-state index in [0.717, 1.165) is 42.5 Å². The minimum absolute atomic E-state index is 0.180. The third kappa shape index (κ3) is 3.89. The summed E-state index contributed by atoms with van der Waals surface area (Å²) in [6, 6.07) is 5.91. The number of primary amides is 1. The first-order chi connectivity index (χ1) is 14.3. The maximum atomic E-state index is 12.8. The standard InChI is InChI=1S/C21H25N3O4S2/c1-13-4-9-16-17(12-13)29-21(18(16)19(22)25)23-20(26)14-5-7-15(8-6-14)30(27,28)24-10-2-3-11-24/h5-8,13H,2-4,9-12H2,1H3,(H2,22,25)(H,23,26). The third-order valence-corrected chi connectivity index (χ3v) is 8.89. The van der Waals surface area contributed by atoms with Crippen LogP contribution in [0.2, 0.25) is 0 Å². The van der Waals surface area contributed by atoms with Gasteiger partial charge in [0.25, 0.3) is 11.8 Å². The normalized spacial score (nSPS) is 19.4. The van der Waals surface area contributed by atoms with Crippen LogP contribution in [0.25, 0.3) is 0 Å². The van der Waals surface area contributed by atoms with E-state index < -0.39 is 21.8 Å². The fraction of sp³-hybridized carbons (Fsp3) is 0.429. The summed E-state index contributed by atoms with van der Waals surface area (Å²) in [6.07, 6.45) is 4.38. The van der Waals surface area contributed by atoms with Gasteiger partial charge >= 0.3 is 0 Å². The molecule has 4 rings (SSSR count). The fourth-order valence-electron chi connectivity index (χ4n) is 4.13. The highest BCUT2D eigenvalue weighted by Gasteiger charge is 2.29. The van der Waals surface area contributed by atoms with E-state index in [2.05, 4.69) is 12.2 Å². The second-order valence-corrected chi connectivity index (χ2v) is 11.1. The highest BCUT2D eigenvalue weighted by molar-refractivity contribution is 7.89. The van der Waals surface area contributed by atoms with Crippen molar-refractivity contribution < 1.29 is 18.0 Å². The van der Waals surface area contributed by atoms with Crippen LogP contribution < -0.4 is 11.1 Å². The predicted molar refractivity (Wildman–Crippen MR) is 116 cm³/mol. The van der Waals surface area contributed by atoms with Crippen molar-refractivity contribution in [2.45, 2.75) is 43.9 Å². The predicted octanol–water partition coefficient (Wildman–Crippen LogP) is 3.01. The molecule has 1 fully saturated rings. The summed E-state index contributed by atoms with van der Waals surface area (Å²) in [5, 5.41) is 3.28. The van der Waals surface area contributed by atoms with Gasteiger partial charge in [-0.25, -0.2) is 8.42 Å². The largest absolute Gasteiger partial charge is 0.365 e. The molecule has 0 spiro atoms. The molecule has 2 amide bonds. The van der Waals surface area contributed by atoms with Crippen LogP contribution in [0, 0.1) is 5.92 Å². The molecule has 1 aromatic carbocycles. The molecule has 30 heavy (non-hydrogen) atoms. The van der Waals surface area contributed by atoms with E-state index in [4.69, 9.17) is 5.73 Å². The Morgan fingerprint density at radius 1 is 1.17 bits per heavy atom. The lowest BCUT2D eigenvalue weighted by molar-refractivity contribution is 0.1000. The van der Waals surface area contributed by atoms with Crippen molar-refractivity contribution in [2.24, 2.45) is 11.7 Å². The Kier molecular flexibility index (Phi) is 5.69. The van der Waals surface area contributed by atoms with Gasteiger partial charge in [-0.2, -0.15) is 4.31 Å². The lowest BCUT2D eigenvalue weighted by Crippen LogP contribution is -2.27. The number of rotatable bonds is 5. The topological polar surface area (TPSA) is 110 Å². The summed E-state index contributed by atoms with van der Waals surface area (Å²) >= 11 is 1.41. The Bertz CT molecular complexity index is 1080. The third-order valence-electron chi connectivity index (χ3n) is 5.80. The Morgan fingerprint density at radius 3 is 2.47 bits per heavy atom. The molecule has 2 aromatic rings. The average Bonchev–Trinajstić information content (AvgIpc) is 3.36. The van der Waals surface area contributed by atoms with Crippen molar-refractivity contribution in [3.63, 3.8) is 0 Å². The number of fused-ring (bicyclic) bond motifs is 1. The van der Waals surface area contributed by atoms with Crippen LogP contribution in [0.15, 0.2) is 29.2 Å². The van der Waals surface area contributed by atoms with Crippen molar-refractivity contribution in [1.29, 1.82) is 0 Å². The molecule has 2 heterocycles. The molecule has 1 unspecified atom stereocenters. The summed E-state index contributed by atoms with van der Waals surface area (Å²) in [7, 11) is -3.52. The fourth-order valence-corrected chi connectivity index (χ4v) is 7.06. The summed E-state index contributed by atoms with van der Waals surface area (Å²) in [5.41, 5.74) is 7.29. The number of nitrogens with two attached hydrogens (primary N) is 1. The maximum Gasteiger partial charge on any atom is 0.256 e. The molecule has 1 atom stereocenters. The number of hydrogen-bond acceptors (Lipinski definition) is 5. The molecule has 3 N–H and O–H groups in total. The van der Waals surface area contributed by atoms with Crippen LogP contribution in [0.4, 0.5) is 5.00 Å². The lowest BCUT2D eigenvalue weighted by atomic mass is 9.88. The Hall–Kier alpha value is -2.23. The zero-order valence-corrected chi connectivity index (χ0v) is 18.4. The van der Waals surface area contributed by atoms with Crippen molar-refractivity contribution in [1.82, 2.24) is 4.31 Å².